The number of alkyl halides is 3. The normalized spacial score (nSPS) is 14.2. The van der Waals surface area contributed by atoms with Crippen LogP contribution in [0, 0.1) is 23.1 Å². The van der Waals surface area contributed by atoms with Gasteiger partial charge in [-0.05, 0) is 30.2 Å². The van der Waals surface area contributed by atoms with Gasteiger partial charge in [0.25, 0.3) is 0 Å². The van der Waals surface area contributed by atoms with E-state index in [1.165, 1.54) is 35.8 Å². The van der Waals surface area contributed by atoms with Gasteiger partial charge in [-0.1, -0.05) is 67.0 Å². The molecule has 2 heterocycles. The van der Waals surface area contributed by atoms with Gasteiger partial charge in [0.1, 0.15) is 17.9 Å². The fourth-order valence-corrected chi connectivity index (χ4v) is 3.29. The van der Waals surface area contributed by atoms with Crippen molar-refractivity contribution in [2.45, 2.75) is 93.0 Å². The monoisotopic (exact) mass is 600 g/mol. The van der Waals surface area contributed by atoms with Crippen molar-refractivity contribution >= 4 is 29.1 Å². The Morgan fingerprint density at radius 2 is 1.74 bits per heavy atom. The number of halogens is 4. The highest BCUT2D eigenvalue weighted by molar-refractivity contribution is 5.88. The number of carbonyl (C=O) groups is 3. The van der Waals surface area contributed by atoms with E-state index in [-0.39, 0.29) is 24.4 Å². The predicted molar refractivity (Wildman–Crippen MR) is 155 cm³/mol. The SMILES string of the molecule is CC.CC(C)C.CC(F)(F)F.CCC.N#CC(OC(=O)C1CCCN1C(=O)CNC=O)c1cncc2c(F)cccc12. The highest BCUT2D eigenvalue weighted by Crippen LogP contribution is 2.28. The third-order valence-electron chi connectivity index (χ3n) is 4.60. The van der Waals surface area contributed by atoms with Crippen LogP contribution in [-0.2, 0) is 19.1 Å². The van der Waals surface area contributed by atoms with Crippen LogP contribution >= 0.6 is 0 Å². The molecule has 0 spiro atoms. The molecule has 1 aromatic carbocycles. The fourth-order valence-electron chi connectivity index (χ4n) is 3.29. The summed E-state index contributed by atoms with van der Waals surface area (Å²) < 4.78 is 50.4. The minimum Gasteiger partial charge on any atom is -0.440 e. The third kappa shape index (κ3) is 16.5. The number of nitrogens with zero attached hydrogens (tertiary/aromatic N) is 3. The molecule has 0 saturated carbocycles. The van der Waals surface area contributed by atoms with E-state index >= 15 is 0 Å². The van der Waals surface area contributed by atoms with Gasteiger partial charge in [0.05, 0.1) is 6.54 Å². The van der Waals surface area contributed by atoms with Crippen LogP contribution in [0.2, 0.25) is 0 Å². The molecule has 2 aromatic rings. The van der Waals surface area contributed by atoms with Crippen LogP contribution in [0.25, 0.3) is 10.8 Å². The third-order valence-corrected chi connectivity index (χ3v) is 4.60. The molecule has 2 unspecified atom stereocenters. The molecule has 1 fully saturated rings. The number of ether oxygens (including phenoxy) is 1. The van der Waals surface area contributed by atoms with Crippen molar-refractivity contribution in [3.05, 3.63) is 42.0 Å². The Morgan fingerprint density at radius 3 is 2.24 bits per heavy atom. The average Bonchev–Trinajstić information content (AvgIpc) is 3.41. The number of fused-ring (bicyclic) bond motifs is 1. The van der Waals surface area contributed by atoms with Crippen molar-refractivity contribution in [3.8, 4) is 6.07 Å². The number of hydrogen-bond donors (Lipinski definition) is 1. The largest absolute Gasteiger partial charge is 0.440 e. The Balaban J connectivity index is 0. The van der Waals surface area contributed by atoms with Crippen LogP contribution in [0.4, 0.5) is 17.6 Å². The summed E-state index contributed by atoms with van der Waals surface area (Å²) in [6, 6.07) is 5.44. The van der Waals surface area contributed by atoms with Gasteiger partial charge in [-0.2, -0.15) is 18.4 Å². The van der Waals surface area contributed by atoms with Crippen molar-refractivity contribution < 1.29 is 36.7 Å². The number of benzene rings is 1. The molecule has 2 amide bonds. The first-order chi connectivity index (χ1) is 19.7. The zero-order chi connectivity index (χ0) is 32.9. The first kappa shape index (κ1) is 40.4. The van der Waals surface area contributed by atoms with E-state index in [0.29, 0.717) is 31.2 Å². The van der Waals surface area contributed by atoms with Gasteiger partial charge in [-0.3, -0.25) is 14.6 Å². The van der Waals surface area contributed by atoms with Crippen molar-refractivity contribution in [1.29, 1.82) is 5.26 Å². The standard InChI is InChI=1S/C19H17FN4O4.C4H10.C3H8.C2H3F3.C2H6/c20-15-4-1-3-12-13(15)8-22-9-14(12)17(7-21)28-19(27)16-5-2-6-24(16)18(26)10-23-11-25;1-4(2)3;1-3-2;1-2(3,4)5;1-2/h1,3-4,8-9,11,16-17H,2,5-6,10H2,(H,23,25);4H,1-3H3;3H2,1-2H3;1H3;1-2H3. The molecule has 1 N–H and O–H groups in total. The smallest absolute Gasteiger partial charge is 0.386 e. The maximum Gasteiger partial charge on any atom is 0.386 e. The van der Waals surface area contributed by atoms with Crippen molar-refractivity contribution in [1.82, 2.24) is 15.2 Å². The van der Waals surface area contributed by atoms with E-state index in [2.05, 4.69) is 44.9 Å². The Kier molecular flexibility index (Phi) is 21.1. The van der Waals surface area contributed by atoms with E-state index in [1.54, 1.807) is 6.07 Å². The molecule has 8 nitrogen and oxygen atoms in total. The number of aromatic nitrogens is 1. The summed E-state index contributed by atoms with van der Waals surface area (Å²) >= 11 is 0. The molecule has 1 aliphatic heterocycles. The zero-order valence-corrected chi connectivity index (χ0v) is 25.7. The topological polar surface area (TPSA) is 112 Å². The lowest BCUT2D eigenvalue weighted by molar-refractivity contribution is -0.156. The molecular weight excluding hydrogens is 556 g/mol. The Labute approximate surface area is 246 Å². The quantitative estimate of drug-likeness (QED) is 0.220. The van der Waals surface area contributed by atoms with Gasteiger partial charge in [0, 0.05) is 36.8 Å². The minimum atomic E-state index is -4.00. The molecule has 1 aromatic heterocycles. The summed E-state index contributed by atoms with van der Waals surface area (Å²) in [6.45, 7) is 15.1. The van der Waals surface area contributed by atoms with E-state index in [1.807, 2.05) is 19.9 Å². The summed E-state index contributed by atoms with van der Waals surface area (Å²) in [5.41, 5.74) is 0.270. The molecule has 1 saturated heterocycles. The van der Waals surface area contributed by atoms with E-state index < -0.39 is 36.0 Å². The lowest BCUT2D eigenvalue weighted by atomic mass is 10.0. The first-order valence-corrected chi connectivity index (χ1v) is 13.9. The van der Waals surface area contributed by atoms with Gasteiger partial charge in [-0.25, -0.2) is 9.18 Å². The van der Waals surface area contributed by atoms with Crippen molar-refractivity contribution in [3.63, 3.8) is 0 Å². The van der Waals surface area contributed by atoms with Crippen LogP contribution in [0.3, 0.4) is 0 Å². The summed E-state index contributed by atoms with van der Waals surface area (Å²) in [4.78, 5) is 40.4. The second-order valence-electron chi connectivity index (χ2n) is 9.47. The fraction of sp³-hybridized carbons (Fsp3) is 0.567. The Hall–Kier alpha value is -3.75. The molecule has 236 valence electrons. The molecule has 42 heavy (non-hydrogen) atoms. The average molecular weight is 601 g/mol. The van der Waals surface area contributed by atoms with E-state index in [4.69, 9.17) is 4.74 Å². The molecule has 0 aliphatic carbocycles. The lowest BCUT2D eigenvalue weighted by Crippen LogP contribution is -2.45. The second kappa shape index (κ2) is 21.9. The predicted octanol–water partition coefficient (Wildman–Crippen LogP) is 6.89. The van der Waals surface area contributed by atoms with E-state index in [0.717, 1.165) is 5.92 Å². The highest BCUT2D eigenvalue weighted by Gasteiger charge is 2.36. The summed E-state index contributed by atoms with van der Waals surface area (Å²) in [5.74, 6) is -0.795. The number of pyridine rings is 1. The van der Waals surface area contributed by atoms with Gasteiger partial charge in [0.15, 0.2) is 0 Å². The minimum absolute atomic E-state index is 0.188. The highest BCUT2D eigenvalue weighted by atomic mass is 19.4. The molecule has 0 radical (unpaired) electrons. The molecule has 12 heteroatoms. The number of likely N-dealkylation sites (tertiary alicyclic amines) is 1. The van der Waals surface area contributed by atoms with Gasteiger partial charge >= 0.3 is 12.1 Å². The number of hydrogen-bond acceptors (Lipinski definition) is 6. The van der Waals surface area contributed by atoms with E-state index in [9.17, 15) is 37.2 Å². The van der Waals surface area contributed by atoms with Crippen LogP contribution < -0.4 is 5.32 Å². The number of carbonyl (C=O) groups excluding carboxylic acids is 3. The summed E-state index contributed by atoms with van der Waals surface area (Å²) in [5, 5.41) is 12.4. The Bertz CT molecular complexity index is 1110. The summed E-state index contributed by atoms with van der Waals surface area (Å²) in [7, 11) is 0. The van der Waals surface area contributed by atoms with Crippen molar-refractivity contribution in [2.24, 2.45) is 5.92 Å². The number of nitriles is 1. The van der Waals surface area contributed by atoms with Crippen LogP contribution in [0.5, 0.6) is 0 Å². The second-order valence-corrected chi connectivity index (χ2v) is 9.47. The summed E-state index contributed by atoms with van der Waals surface area (Å²) in [6.07, 6.45) is 0.0451. The maximum absolute atomic E-state index is 14.0. The molecule has 3 rings (SSSR count). The van der Waals surface area contributed by atoms with Gasteiger partial charge in [-0.15, -0.1) is 0 Å². The van der Waals surface area contributed by atoms with Crippen LogP contribution in [0.1, 0.15) is 86.3 Å². The number of esters is 1. The van der Waals surface area contributed by atoms with Gasteiger partial charge < -0.3 is 15.0 Å². The number of rotatable bonds is 6. The molecular formula is C30H44F4N4O4. The Morgan fingerprint density at radius 1 is 1.19 bits per heavy atom. The zero-order valence-electron chi connectivity index (χ0n) is 25.7. The maximum atomic E-state index is 14.0. The lowest BCUT2D eigenvalue weighted by Gasteiger charge is -2.24. The first-order valence-electron chi connectivity index (χ1n) is 13.9. The number of nitrogens with one attached hydrogen (secondary N) is 1. The van der Waals surface area contributed by atoms with Crippen LogP contribution in [0.15, 0.2) is 30.6 Å². The molecule has 1 aliphatic rings. The van der Waals surface area contributed by atoms with Crippen LogP contribution in [-0.4, -0.2) is 53.5 Å². The van der Waals surface area contributed by atoms with Crippen molar-refractivity contribution in [2.75, 3.05) is 13.1 Å². The molecule has 0 bridgehead atoms. The number of amides is 2. The van der Waals surface area contributed by atoms with Gasteiger partial charge in [0.2, 0.25) is 18.4 Å². The molecule has 2 atom stereocenters.